The Bertz CT molecular complexity index is 578. The number of carbonyl (C=O) groups excluding carboxylic acids is 1. The topological polar surface area (TPSA) is 17.1 Å². The van der Waals surface area contributed by atoms with Crippen LogP contribution in [0.15, 0.2) is 46.9 Å². The number of carbonyl (C=O) groups is 1. The molecular weight excluding hydrogens is 283 g/mol. The second-order valence-corrected chi connectivity index (χ2v) is 4.59. The van der Waals surface area contributed by atoms with Gasteiger partial charge in [-0.1, -0.05) is 29.8 Å². The van der Waals surface area contributed by atoms with Crippen LogP contribution in [0.25, 0.3) is 0 Å². The van der Waals surface area contributed by atoms with Crippen molar-refractivity contribution in [3.63, 3.8) is 0 Å². The Balaban J connectivity index is 2.48. The van der Waals surface area contributed by atoms with Gasteiger partial charge in [0.05, 0.1) is 4.47 Å². The number of halogens is 2. The molecule has 1 nitrogen and oxygen atoms in total. The molecule has 2 aromatic carbocycles. The minimum Gasteiger partial charge on any atom is -0.289 e. The molecule has 0 aliphatic rings. The van der Waals surface area contributed by atoms with Gasteiger partial charge in [-0.2, -0.15) is 0 Å². The molecule has 0 aromatic heterocycles. The predicted octanol–water partition coefficient (Wildman–Crippen LogP) is 4.13. The van der Waals surface area contributed by atoms with Crippen molar-refractivity contribution in [3.05, 3.63) is 69.4 Å². The van der Waals surface area contributed by atoms with Gasteiger partial charge in [0, 0.05) is 11.1 Å². The van der Waals surface area contributed by atoms with Crippen molar-refractivity contribution in [3.8, 4) is 0 Å². The van der Waals surface area contributed by atoms with Gasteiger partial charge >= 0.3 is 0 Å². The second-order valence-electron chi connectivity index (χ2n) is 3.80. The van der Waals surface area contributed by atoms with E-state index in [1.807, 2.05) is 19.1 Å². The van der Waals surface area contributed by atoms with Crippen LogP contribution in [0.3, 0.4) is 0 Å². The summed E-state index contributed by atoms with van der Waals surface area (Å²) in [5, 5.41) is 0. The highest BCUT2D eigenvalue weighted by atomic mass is 79.9. The van der Waals surface area contributed by atoms with Crippen LogP contribution >= 0.6 is 15.9 Å². The largest absolute Gasteiger partial charge is 0.289 e. The number of ketones is 1. The maximum Gasteiger partial charge on any atom is 0.194 e. The zero-order valence-corrected chi connectivity index (χ0v) is 10.8. The lowest BCUT2D eigenvalue weighted by Gasteiger charge is -2.05. The Morgan fingerprint density at radius 2 is 1.88 bits per heavy atom. The first-order valence-corrected chi connectivity index (χ1v) is 5.94. The molecule has 0 N–H and O–H groups in total. The molecule has 0 unspecified atom stereocenters. The van der Waals surface area contributed by atoms with Crippen molar-refractivity contribution in [2.24, 2.45) is 0 Å². The average molecular weight is 293 g/mol. The molecule has 0 fully saturated rings. The lowest BCUT2D eigenvalue weighted by Crippen LogP contribution is -2.03. The Labute approximate surface area is 107 Å². The number of benzene rings is 2. The van der Waals surface area contributed by atoms with Crippen molar-refractivity contribution in [2.45, 2.75) is 6.92 Å². The number of aryl methyl sites for hydroxylation is 1. The quantitative estimate of drug-likeness (QED) is 0.761. The summed E-state index contributed by atoms with van der Waals surface area (Å²) in [6.07, 6.45) is 0. The summed E-state index contributed by atoms with van der Waals surface area (Å²) in [5.41, 5.74) is 1.91. The van der Waals surface area contributed by atoms with Gasteiger partial charge in [-0.05, 0) is 41.1 Å². The molecule has 17 heavy (non-hydrogen) atoms. The fraction of sp³-hybridized carbons (Fsp3) is 0.0714. The molecular formula is C14H10BrFO. The molecule has 3 heteroatoms. The Morgan fingerprint density at radius 3 is 2.59 bits per heavy atom. The van der Waals surface area contributed by atoms with E-state index in [0.29, 0.717) is 11.1 Å². The first kappa shape index (κ1) is 12.0. The summed E-state index contributed by atoms with van der Waals surface area (Å²) < 4.78 is 13.5. The lowest BCUT2D eigenvalue weighted by molar-refractivity contribution is 0.103. The molecule has 0 aliphatic carbocycles. The maximum atomic E-state index is 13.3. The van der Waals surface area contributed by atoms with Gasteiger partial charge in [-0.15, -0.1) is 0 Å². The van der Waals surface area contributed by atoms with Gasteiger partial charge in [0.25, 0.3) is 0 Å². The smallest absolute Gasteiger partial charge is 0.194 e. The Kier molecular flexibility index (Phi) is 3.38. The van der Waals surface area contributed by atoms with E-state index in [1.165, 1.54) is 12.1 Å². The zero-order valence-electron chi connectivity index (χ0n) is 9.21. The van der Waals surface area contributed by atoms with E-state index in [2.05, 4.69) is 15.9 Å². The third-order valence-corrected chi connectivity index (χ3v) is 3.28. The molecule has 2 aromatic rings. The van der Waals surface area contributed by atoms with Gasteiger partial charge in [0.2, 0.25) is 0 Å². The number of hydrogen-bond donors (Lipinski definition) is 0. The normalized spacial score (nSPS) is 10.3. The highest BCUT2D eigenvalue weighted by Gasteiger charge is 2.14. The average Bonchev–Trinajstić information content (AvgIpc) is 2.32. The summed E-state index contributed by atoms with van der Waals surface area (Å²) in [5.74, 6) is -0.608. The molecule has 0 amide bonds. The van der Waals surface area contributed by atoms with Crippen LogP contribution in [0.1, 0.15) is 21.5 Å². The van der Waals surface area contributed by atoms with Gasteiger partial charge in [0.15, 0.2) is 5.78 Å². The second kappa shape index (κ2) is 4.80. The van der Waals surface area contributed by atoms with Crippen LogP contribution in [0.2, 0.25) is 0 Å². The fourth-order valence-corrected chi connectivity index (χ4v) is 2.07. The maximum absolute atomic E-state index is 13.3. The SMILES string of the molecule is Cc1cccc(C(=O)c2cccc(F)c2Br)c1. The Hall–Kier alpha value is -1.48. The summed E-state index contributed by atoms with van der Waals surface area (Å²) in [6, 6.07) is 11.7. The zero-order chi connectivity index (χ0) is 12.4. The molecule has 0 heterocycles. The van der Waals surface area contributed by atoms with Crippen LogP contribution in [0.5, 0.6) is 0 Å². The minimum absolute atomic E-state index is 0.180. The van der Waals surface area contributed by atoms with Crippen molar-refractivity contribution in [1.29, 1.82) is 0 Å². The number of hydrogen-bond acceptors (Lipinski definition) is 1. The van der Waals surface area contributed by atoms with E-state index in [-0.39, 0.29) is 10.3 Å². The molecule has 86 valence electrons. The van der Waals surface area contributed by atoms with Gasteiger partial charge in [-0.25, -0.2) is 4.39 Å². The van der Waals surface area contributed by atoms with Gasteiger partial charge in [0.1, 0.15) is 5.82 Å². The monoisotopic (exact) mass is 292 g/mol. The summed E-state index contributed by atoms with van der Waals surface area (Å²) in [7, 11) is 0. The van der Waals surface area contributed by atoms with E-state index in [9.17, 15) is 9.18 Å². The van der Waals surface area contributed by atoms with Crippen LogP contribution < -0.4 is 0 Å². The Morgan fingerprint density at radius 1 is 1.18 bits per heavy atom. The first-order chi connectivity index (χ1) is 8.09. The minimum atomic E-state index is -0.427. The van der Waals surface area contributed by atoms with Gasteiger partial charge in [-0.3, -0.25) is 4.79 Å². The summed E-state index contributed by atoms with van der Waals surface area (Å²) in [4.78, 5) is 12.2. The molecule has 0 spiro atoms. The highest BCUT2D eigenvalue weighted by Crippen LogP contribution is 2.23. The van der Waals surface area contributed by atoms with E-state index in [0.717, 1.165) is 5.56 Å². The van der Waals surface area contributed by atoms with E-state index >= 15 is 0 Å². The van der Waals surface area contributed by atoms with Crippen molar-refractivity contribution in [2.75, 3.05) is 0 Å². The first-order valence-electron chi connectivity index (χ1n) is 5.15. The highest BCUT2D eigenvalue weighted by molar-refractivity contribution is 9.10. The summed E-state index contributed by atoms with van der Waals surface area (Å²) in [6.45, 7) is 1.91. The molecule has 0 saturated carbocycles. The van der Waals surface area contributed by atoms with Crippen molar-refractivity contribution >= 4 is 21.7 Å². The van der Waals surface area contributed by atoms with Crippen molar-refractivity contribution < 1.29 is 9.18 Å². The van der Waals surface area contributed by atoms with Gasteiger partial charge < -0.3 is 0 Å². The third kappa shape index (κ3) is 2.44. The van der Waals surface area contributed by atoms with Crippen LogP contribution in [-0.4, -0.2) is 5.78 Å². The third-order valence-electron chi connectivity index (χ3n) is 2.48. The molecule has 0 radical (unpaired) electrons. The molecule has 0 aliphatic heterocycles. The summed E-state index contributed by atoms with van der Waals surface area (Å²) >= 11 is 3.10. The molecule has 2 rings (SSSR count). The van der Waals surface area contributed by atoms with E-state index in [4.69, 9.17) is 0 Å². The molecule has 0 atom stereocenters. The number of rotatable bonds is 2. The standard InChI is InChI=1S/C14H10BrFO/c1-9-4-2-5-10(8-9)14(17)11-6-3-7-12(16)13(11)15/h2-8H,1H3. The van der Waals surface area contributed by atoms with E-state index in [1.54, 1.807) is 18.2 Å². The van der Waals surface area contributed by atoms with Crippen LogP contribution in [0.4, 0.5) is 4.39 Å². The van der Waals surface area contributed by atoms with Crippen LogP contribution in [-0.2, 0) is 0 Å². The van der Waals surface area contributed by atoms with Crippen LogP contribution in [0, 0.1) is 12.7 Å². The van der Waals surface area contributed by atoms with E-state index < -0.39 is 5.82 Å². The molecule has 0 bridgehead atoms. The fourth-order valence-electron chi connectivity index (χ4n) is 1.62. The van der Waals surface area contributed by atoms with Crippen molar-refractivity contribution in [1.82, 2.24) is 0 Å². The predicted molar refractivity (Wildman–Crippen MR) is 68.7 cm³/mol. The molecule has 0 saturated heterocycles. The lowest BCUT2D eigenvalue weighted by atomic mass is 10.0.